The Balaban J connectivity index is 1.90. The molecular weight excluding hydrogens is 271 g/mol. The molecule has 0 saturated carbocycles. The maximum Gasteiger partial charge on any atom is 0.124 e. The first-order chi connectivity index (χ1) is 9.74. The molecule has 2 nitrogen and oxygen atoms in total. The van der Waals surface area contributed by atoms with Crippen molar-refractivity contribution in [3.63, 3.8) is 0 Å². The third-order valence-electron chi connectivity index (χ3n) is 3.08. The fourth-order valence-electron chi connectivity index (χ4n) is 2.09. The maximum atomic E-state index is 13.2. The molecule has 0 fully saturated rings. The molecular formula is C16H13FN2S. The summed E-state index contributed by atoms with van der Waals surface area (Å²) in [6.07, 6.45) is 1.76. The fraction of sp³-hybridized carbons (Fsp3) is 0.0625. The minimum Gasteiger partial charge on any atom is -0.398 e. The Bertz CT molecular complexity index is 758. The summed E-state index contributed by atoms with van der Waals surface area (Å²) in [7, 11) is 0. The van der Waals surface area contributed by atoms with E-state index in [1.165, 1.54) is 12.1 Å². The van der Waals surface area contributed by atoms with Gasteiger partial charge in [-0.1, -0.05) is 12.1 Å². The van der Waals surface area contributed by atoms with Gasteiger partial charge in [0.15, 0.2) is 0 Å². The first-order valence-corrected chi connectivity index (χ1v) is 7.23. The molecule has 0 aliphatic carbocycles. The van der Waals surface area contributed by atoms with E-state index in [9.17, 15) is 4.39 Å². The van der Waals surface area contributed by atoms with Crippen LogP contribution in [0, 0.1) is 5.82 Å². The van der Waals surface area contributed by atoms with Crippen molar-refractivity contribution in [1.29, 1.82) is 0 Å². The van der Waals surface area contributed by atoms with E-state index in [4.69, 9.17) is 5.73 Å². The van der Waals surface area contributed by atoms with Crippen LogP contribution in [0.3, 0.4) is 0 Å². The first-order valence-electron chi connectivity index (χ1n) is 6.24. The van der Waals surface area contributed by atoms with Crippen molar-refractivity contribution in [3.8, 4) is 0 Å². The molecule has 4 heteroatoms. The molecule has 0 aliphatic rings. The number of nitrogen functional groups attached to an aromatic ring is 1. The zero-order valence-corrected chi connectivity index (χ0v) is 11.5. The molecule has 3 aromatic rings. The SMILES string of the molecule is Nc1ccc(CSc2cccc(F)c2)c2ncccc12. The van der Waals surface area contributed by atoms with Gasteiger partial charge in [-0.15, -0.1) is 11.8 Å². The van der Waals surface area contributed by atoms with Gasteiger partial charge < -0.3 is 5.73 Å². The Morgan fingerprint density at radius 1 is 1.10 bits per heavy atom. The quantitative estimate of drug-likeness (QED) is 0.577. The van der Waals surface area contributed by atoms with Crippen LogP contribution < -0.4 is 5.73 Å². The molecule has 0 atom stereocenters. The number of fused-ring (bicyclic) bond motifs is 1. The number of aromatic nitrogens is 1. The largest absolute Gasteiger partial charge is 0.398 e. The zero-order chi connectivity index (χ0) is 13.9. The Morgan fingerprint density at radius 3 is 2.85 bits per heavy atom. The highest BCUT2D eigenvalue weighted by molar-refractivity contribution is 7.98. The molecule has 0 radical (unpaired) electrons. The summed E-state index contributed by atoms with van der Waals surface area (Å²) >= 11 is 1.59. The van der Waals surface area contributed by atoms with Crippen molar-refractivity contribution < 1.29 is 4.39 Å². The summed E-state index contributed by atoms with van der Waals surface area (Å²) in [5.41, 5.74) is 8.70. The normalized spacial score (nSPS) is 10.8. The highest BCUT2D eigenvalue weighted by atomic mass is 32.2. The van der Waals surface area contributed by atoms with E-state index in [1.807, 2.05) is 30.3 Å². The first kappa shape index (κ1) is 12.9. The predicted octanol–water partition coefficient (Wildman–Crippen LogP) is 4.25. The van der Waals surface area contributed by atoms with Gasteiger partial charge in [-0.25, -0.2) is 4.39 Å². The summed E-state index contributed by atoms with van der Waals surface area (Å²) in [5.74, 6) is 0.521. The molecule has 0 aliphatic heterocycles. The van der Waals surface area contributed by atoms with Gasteiger partial charge in [0.05, 0.1) is 5.52 Å². The second kappa shape index (κ2) is 5.51. The summed E-state index contributed by atoms with van der Waals surface area (Å²) in [6.45, 7) is 0. The van der Waals surface area contributed by atoms with Gasteiger partial charge in [0.2, 0.25) is 0 Å². The number of halogens is 1. The van der Waals surface area contributed by atoms with Crippen LogP contribution in [-0.2, 0) is 5.75 Å². The number of hydrogen-bond donors (Lipinski definition) is 1. The van der Waals surface area contributed by atoms with Crippen molar-refractivity contribution in [2.24, 2.45) is 0 Å². The smallest absolute Gasteiger partial charge is 0.124 e. The highest BCUT2D eigenvalue weighted by Gasteiger charge is 2.06. The van der Waals surface area contributed by atoms with Crippen molar-refractivity contribution in [1.82, 2.24) is 4.98 Å². The van der Waals surface area contributed by atoms with E-state index in [-0.39, 0.29) is 5.82 Å². The summed E-state index contributed by atoms with van der Waals surface area (Å²) in [4.78, 5) is 5.31. The van der Waals surface area contributed by atoms with Gasteiger partial charge >= 0.3 is 0 Å². The number of nitrogens with two attached hydrogens (primary N) is 1. The predicted molar refractivity (Wildman–Crippen MR) is 82.1 cm³/mol. The van der Waals surface area contributed by atoms with E-state index in [1.54, 1.807) is 24.0 Å². The molecule has 2 aromatic carbocycles. The van der Waals surface area contributed by atoms with Crippen molar-refractivity contribution in [2.75, 3.05) is 5.73 Å². The van der Waals surface area contributed by atoms with Crippen LogP contribution in [0.1, 0.15) is 5.56 Å². The lowest BCUT2D eigenvalue weighted by atomic mass is 10.1. The molecule has 0 saturated heterocycles. The Labute approximate surface area is 120 Å². The van der Waals surface area contributed by atoms with E-state index in [0.29, 0.717) is 0 Å². The molecule has 1 heterocycles. The van der Waals surface area contributed by atoms with E-state index in [2.05, 4.69) is 4.98 Å². The number of anilines is 1. The zero-order valence-electron chi connectivity index (χ0n) is 10.7. The summed E-state index contributed by atoms with van der Waals surface area (Å²) in [6, 6.07) is 14.3. The minimum atomic E-state index is -0.213. The van der Waals surface area contributed by atoms with Gasteiger partial charge in [-0.05, 0) is 42.0 Å². The standard InChI is InChI=1S/C16H13FN2S/c17-12-3-1-4-13(9-12)20-10-11-6-7-15(18)14-5-2-8-19-16(11)14/h1-9H,10,18H2. The number of pyridine rings is 1. The second-order valence-corrected chi connectivity index (χ2v) is 5.51. The Morgan fingerprint density at radius 2 is 2.00 bits per heavy atom. The number of rotatable bonds is 3. The molecule has 0 amide bonds. The third kappa shape index (κ3) is 2.60. The van der Waals surface area contributed by atoms with Gasteiger partial charge in [0.25, 0.3) is 0 Å². The van der Waals surface area contributed by atoms with Crippen LogP contribution >= 0.6 is 11.8 Å². The average Bonchev–Trinajstić information content (AvgIpc) is 2.47. The maximum absolute atomic E-state index is 13.2. The number of thioether (sulfide) groups is 1. The minimum absolute atomic E-state index is 0.213. The van der Waals surface area contributed by atoms with Crippen molar-refractivity contribution >= 4 is 28.4 Å². The van der Waals surface area contributed by atoms with Gasteiger partial charge in [-0.3, -0.25) is 4.98 Å². The topological polar surface area (TPSA) is 38.9 Å². The number of benzene rings is 2. The van der Waals surface area contributed by atoms with E-state index >= 15 is 0 Å². The summed E-state index contributed by atoms with van der Waals surface area (Å²) in [5, 5.41) is 0.963. The number of nitrogens with zero attached hydrogens (tertiary/aromatic N) is 1. The van der Waals surface area contributed by atoms with Crippen LogP contribution in [0.15, 0.2) is 59.6 Å². The van der Waals surface area contributed by atoms with Crippen molar-refractivity contribution in [2.45, 2.75) is 10.6 Å². The van der Waals surface area contributed by atoms with Crippen molar-refractivity contribution in [3.05, 3.63) is 66.1 Å². The van der Waals surface area contributed by atoms with Crippen LogP contribution in [0.5, 0.6) is 0 Å². The van der Waals surface area contributed by atoms with E-state index < -0.39 is 0 Å². The molecule has 100 valence electrons. The Hall–Kier alpha value is -2.07. The van der Waals surface area contributed by atoms with E-state index in [0.717, 1.165) is 32.8 Å². The molecule has 3 rings (SSSR count). The molecule has 0 spiro atoms. The highest BCUT2D eigenvalue weighted by Crippen LogP contribution is 2.29. The van der Waals surface area contributed by atoms with Gasteiger partial charge in [-0.2, -0.15) is 0 Å². The lowest BCUT2D eigenvalue weighted by Gasteiger charge is -2.08. The fourth-order valence-corrected chi connectivity index (χ4v) is 3.01. The third-order valence-corrected chi connectivity index (χ3v) is 4.12. The Kier molecular flexibility index (Phi) is 3.56. The van der Waals surface area contributed by atoms with Crippen LogP contribution in [0.25, 0.3) is 10.9 Å². The monoisotopic (exact) mass is 284 g/mol. The molecule has 0 unspecified atom stereocenters. The van der Waals surface area contributed by atoms with Crippen LogP contribution in [-0.4, -0.2) is 4.98 Å². The molecule has 1 aromatic heterocycles. The van der Waals surface area contributed by atoms with Crippen LogP contribution in [0.4, 0.5) is 10.1 Å². The van der Waals surface area contributed by atoms with Crippen LogP contribution in [0.2, 0.25) is 0 Å². The van der Waals surface area contributed by atoms with Gasteiger partial charge in [0.1, 0.15) is 5.82 Å². The number of hydrogen-bond acceptors (Lipinski definition) is 3. The van der Waals surface area contributed by atoms with Gasteiger partial charge in [0, 0.05) is 27.9 Å². The lowest BCUT2D eigenvalue weighted by molar-refractivity contribution is 0.624. The molecule has 2 N–H and O–H groups in total. The summed E-state index contributed by atoms with van der Waals surface area (Å²) < 4.78 is 13.2. The molecule has 0 bridgehead atoms. The molecule has 20 heavy (non-hydrogen) atoms. The average molecular weight is 284 g/mol. The lowest BCUT2D eigenvalue weighted by Crippen LogP contribution is -1.92. The second-order valence-electron chi connectivity index (χ2n) is 4.46.